The first-order valence-corrected chi connectivity index (χ1v) is 10.3. The number of hydrogen-bond donors (Lipinski definition) is 4. The van der Waals surface area contributed by atoms with Crippen LogP contribution in [0.25, 0.3) is 11.3 Å². The number of nitrogens with zero attached hydrogens (tertiary/aromatic N) is 2. The van der Waals surface area contributed by atoms with Crippen molar-refractivity contribution in [3.8, 4) is 17.0 Å². The first-order chi connectivity index (χ1) is 15.7. The monoisotopic (exact) mass is 452 g/mol. The number of nitrogen functional groups attached to an aromatic ring is 1. The molecule has 0 aliphatic carbocycles. The van der Waals surface area contributed by atoms with E-state index < -0.39 is 11.9 Å². The second-order valence-electron chi connectivity index (χ2n) is 7.60. The van der Waals surface area contributed by atoms with E-state index in [1.807, 2.05) is 13.0 Å². The molecule has 1 heterocycles. The summed E-state index contributed by atoms with van der Waals surface area (Å²) >= 11 is 0. The van der Waals surface area contributed by atoms with Gasteiger partial charge in [-0.15, -0.1) is 0 Å². The standard InChI is InChI=1S/C24H25FN4O4/c1-14-5-9-20(18(25)12-14)29(2)15-6-10-21(30)17(13-15)19-8-7-16(23(26)28-19)24(33)27-11-3-4-22(31)32/h5-10,12-13,30H,3-4,11H2,1-2H3,(H2,26,28)(H,27,33)(H,31,32). The van der Waals surface area contributed by atoms with E-state index in [0.717, 1.165) is 5.56 Å². The first-order valence-electron chi connectivity index (χ1n) is 10.3. The molecule has 172 valence electrons. The minimum atomic E-state index is -0.937. The first kappa shape index (κ1) is 23.5. The Labute approximate surface area is 190 Å². The minimum Gasteiger partial charge on any atom is -0.507 e. The van der Waals surface area contributed by atoms with Gasteiger partial charge in [0.15, 0.2) is 0 Å². The highest BCUT2D eigenvalue weighted by atomic mass is 19.1. The Bertz CT molecular complexity index is 1200. The second kappa shape index (κ2) is 9.99. The van der Waals surface area contributed by atoms with E-state index in [-0.39, 0.29) is 35.9 Å². The van der Waals surface area contributed by atoms with Gasteiger partial charge in [-0.2, -0.15) is 0 Å². The molecule has 1 aromatic heterocycles. The number of amides is 1. The molecule has 0 saturated heterocycles. The van der Waals surface area contributed by atoms with E-state index in [2.05, 4.69) is 10.3 Å². The number of anilines is 3. The van der Waals surface area contributed by atoms with Crippen molar-refractivity contribution in [1.82, 2.24) is 10.3 Å². The molecule has 0 saturated carbocycles. The summed E-state index contributed by atoms with van der Waals surface area (Å²) in [5, 5.41) is 21.7. The normalized spacial score (nSPS) is 10.6. The molecule has 0 atom stereocenters. The van der Waals surface area contributed by atoms with Gasteiger partial charge in [-0.1, -0.05) is 6.07 Å². The number of nitrogens with two attached hydrogens (primary N) is 1. The smallest absolute Gasteiger partial charge is 0.303 e. The molecular weight excluding hydrogens is 427 g/mol. The zero-order valence-corrected chi connectivity index (χ0v) is 18.3. The predicted octanol–water partition coefficient (Wildman–Crippen LogP) is 3.85. The Morgan fingerprint density at radius 3 is 2.58 bits per heavy atom. The number of carbonyl (C=O) groups excluding carboxylic acids is 1. The fraction of sp³-hybridized carbons (Fsp3) is 0.208. The molecule has 0 unspecified atom stereocenters. The van der Waals surface area contributed by atoms with Crippen molar-refractivity contribution >= 4 is 29.1 Å². The molecule has 0 radical (unpaired) electrons. The molecule has 1 amide bonds. The van der Waals surface area contributed by atoms with Gasteiger partial charge < -0.3 is 26.2 Å². The Morgan fingerprint density at radius 2 is 1.91 bits per heavy atom. The largest absolute Gasteiger partial charge is 0.507 e. The van der Waals surface area contributed by atoms with Crippen molar-refractivity contribution in [2.45, 2.75) is 19.8 Å². The fourth-order valence-electron chi connectivity index (χ4n) is 3.31. The Kier molecular flexibility index (Phi) is 7.12. The van der Waals surface area contributed by atoms with Crippen LogP contribution in [0.5, 0.6) is 5.75 Å². The van der Waals surface area contributed by atoms with Crippen LogP contribution in [0.3, 0.4) is 0 Å². The summed E-state index contributed by atoms with van der Waals surface area (Å²) in [5.74, 6) is -1.86. The average molecular weight is 452 g/mol. The molecule has 3 aromatic rings. The molecule has 8 nitrogen and oxygen atoms in total. The van der Waals surface area contributed by atoms with E-state index in [1.165, 1.54) is 18.2 Å². The van der Waals surface area contributed by atoms with Crippen molar-refractivity contribution in [1.29, 1.82) is 0 Å². The van der Waals surface area contributed by atoms with Gasteiger partial charge in [0.05, 0.1) is 16.9 Å². The predicted molar refractivity (Wildman–Crippen MR) is 124 cm³/mol. The second-order valence-corrected chi connectivity index (χ2v) is 7.60. The summed E-state index contributed by atoms with van der Waals surface area (Å²) in [5.41, 5.74) is 8.63. The van der Waals surface area contributed by atoms with E-state index in [9.17, 15) is 19.1 Å². The van der Waals surface area contributed by atoms with Crippen molar-refractivity contribution in [2.24, 2.45) is 0 Å². The summed E-state index contributed by atoms with van der Waals surface area (Å²) in [6.45, 7) is 2.00. The van der Waals surface area contributed by atoms with Crippen molar-refractivity contribution in [3.05, 3.63) is 65.5 Å². The van der Waals surface area contributed by atoms with Crippen LogP contribution in [0.2, 0.25) is 0 Å². The maximum atomic E-state index is 14.4. The molecule has 0 aliphatic rings. The number of benzene rings is 2. The van der Waals surface area contributed by atoms with Crippen LogP contribution in [-0.4, -0.2) is 40.7 Å². The van der Waals surface area contributed by atoms with E-state index >= 15 is 0 Å². The third-order valence-corrected chi connectivity index (χ3v) is 5.13. The fourth-order valence-corrected chi connectivity index (χ4v) is 3.31. The van der Waals surface area contributed by atoms with Gasteiger partial charge in [0, 0.05) is 31.3 Å². The molecule has 0 aliphatic heterocycles. The number of nitrogens with one attached hydrogen (secondary N) is 1. The van der Waals surface area contributed by atoms with Gasteiger partial charge in [0.1, 0.15) is 17.4 Å². The number of pyridine rings is 1. The van der Waals surface area contributed by atoms with Crippen molar-refractivity contribution in [2.75, 3.05) is 24.2 Å². The molecule has 0 bridgehead atoms. The topological polar surface area (TPSA) is 129 Å². The Morgan fingerprint density at radius 1 is 1.15 bits per heavy atom. The lowest BCUT2D eigenvalue weighted by atomic mass is 10.1. The van der Waals surface area contributed by atoms with E-state index in [4.69, 9.17) is 10.8 Å². The van der Waals surface area contributed by atoms with Gasteiger partial charge in [0.2, 0.25) is 0 Å². The average Bonchev–Trinajstić information content (AvgIpc) is 2.76. The van der Waals surface area contributed by atoms with Gasteiger partial charge in [0.25, 0.3) is 5.91 Å². The summed E-state index contributed by atoms with van der Waals surface area (Å²) in [7, 11) is 1.71. The number of hydrogen-bond acceptors (Lipinski definition) is 6. The van der Waals surface area contributed by atoms with E-state index in [1.54, 1.807) is 36.2 Å². The van der Waals surface area contributed by atoms with Crippen LogP contribution >= 0.6 is 0 Å². The number of phenolic OH excluding ortho intramolecular Hbond substituents is 1. The van der Waals surface area contributed by atoms with Crippen LogP contribution in [0, 0.1) is 12.7 Å². The van der Waals surface area contributed by atoms with Crippen LogP contribution in [0.4, 0.5) is 21.6 Å². The number of aryl methyl sites for hydroxylation is 1. The molecule has 0 spiro atoms. The molecule has 5 N–H and O–H groups in total. The highest BCUT2D eigenvalue weighted by Gasteiger charge is 2.16. The summed E-state index contributed by atoms with van der Waals surface area (Å²) in [4.78, 5) is 28.8. The number of carboxylic acid groups (broad SMARTS) is 1. The Balaban J connectivity index is 1.84. The lowest BCUT2D eigenvalue weighted by molar-refractivity contribution is -0.137. The van der Waals surface area contributed by atoms with Crippen LogP contribution < -0.4 is 16.0 Å². The maximum Gasteiger partial charge on any atom is 0.303 e. The molecule has 33 heavy (non-hydrogen) atoms. The number of aliphatic carboxylic acids is 1. The van der Waals surface area contributed by atoms with Gasteiger partial charge in [-0.05, 0) is 61.4 Å². The lowest BCUT2D eigenvalue weighted by Crippen LogP contribution is -2.26. The number of aromatic nitrogens is 1. The van der Waals surface area contributed by atoms with Gasteiger partial charge in [-0.25, -0.2) is 9.37 Å². The lowest BCUT2D eigenvalue weighted by Gasteiger charge is -2.21. The zero-order valence-electron chi connectivity index (χ0n) is 18.3. The number of halogens is 1. The quantitative estimate of drug-likeness (QED) is 0.382. The SMILES string of the molecule is Cc1ccc(N(C)c2ccc(O)c(-c3ccc(C(=O)NCCCC(=O)O)c(N)n3)c2)c(F)c1. The maximum absolute atomic E-state index is 14.4. The highest BCUT2D eigenvalue weighted by molar-refractivity contribution is 5.98. The summed E-state index contributed by atoms with van der Waals surface area (Å²) in [6, 6.07) is 12.8. The minimum absolute atomic E-state index is 0.0361. The number of carbonyl (C=O) groups is 2. The van der Waals surface area contributed by atoms with Crippen molar-refractivity contribution in [3.63, 3.8) is 0 Å². The van der Waals surface area contributed by atoms with Crippen LogP contribution in [0.15, 0.2) is 48.5 Å². The zero-order chi connectivity index (χ0) is 24.1. The molecule has 9 heteroatoms. The molecular formula is C24H25FN4O4. The molecule has 2 aromatic carbocycles. The molecule has 0 fully saturated rings. The number of phenols is 1. The van der Waals surface area contributed by atoms with E-state index in [0.29, 0.717) is 29.1 Å². The molecule has 3 rings (SSSR count). The van der Waals surface area contributed by atoms with Gasteiger partial charge >= 0.3 is 5.97 Å². The third-order valence-electron chi connectivity index (χ3n) is 5.13. The number of carboxylic acids is 1. The van der Waals surface area contributed by atoms with Crippen LogP contribution in [0.1, 0.15) is 28.8 Å². The Hall–Kier alpha value is -4.14. The highest BCUT2D eigenvalue weighted by Crippen LogP contribution is 2.35. The number of rotatable bonds is 8. The van der Waals surface area contributed by atoms with Crippen LogP contribution in [-0.2, 0) is 4.79 Å². The number of aromatic hydroxyl groups is 1. The third kappa shape index (κ3) is 5.57. The summed E-state index contributed by atoms with van der Waals surface area (Å²) < 4.78 is 14.4. The van der Waals surface area contributed by atoms with Gasteiger partial charge in [-0.3, -0.25) is 9.59 Å². The summed E-state index contributed by atoms with van der Waals surface area (Å²) in [6.07, 6.45) is 0.242. The van der Waals surface area contributed by atoms with Crippen molar-refractivity contribution < 1.29 is 24.2 Å².